The third kappa shape index (κ3) is 3.95. The maximum atomic E-state index is 11.9. The molecule has 3 N–H and O–H groups in total. The minimum absolute atomic E-state index is 0.0508. The number of nitrogens with one attached hydrogen (secondary N) is 1. The molecule has 0 spiro atoms. The fourth-order valence-corrected chi connectivity index (χ4v) is 1.84. The number of benzene rings is 2. The fourth-order valence-electron chi connectivity index (χ4n) is 1.67. The van der Waals surface area contributed by atoms with E-state index in [9.17, 15) is 25.1 Å². The summed E-state index contributed by atoms with van der Waals surface area (Å²) in [5, 5.41) is 33.7. The van der Waals surface area contributed by atoms with Gasteiger partial charge in [-0.3, -0.25) is 14.9 Å². The van der Waals surface area contributed by atoms with Crippen molar-refractivity contribution in [2.24, 2.45) is 5.10 Å². The van der Waals surface area contributed by atoms with Crippen LogP contribution in [0.1, 0.15) is 15.9 Å². The van der Waals surface area contributed by atoms with Crippen LogP contribution in [0.25, 0.3) is 0 Å². The summed E-state index contributed by atoms with van der Waals surface area (Å²) in [5.74, 6) is -1.24. The van der Waals surface area contributed by atoms with Gasteiger partial charge in [-0.25, -0.2) is 5.43 Å². The van der Waals surface area contributed by atoms with Gasteiger partial charge in [0.25, 0.3) is 11.6 Å². The Kier molecular flexibility index (Phi) is 4.77. The van der Waals surface area contributed by atoms with Gasteiger partial charge in [-0.2, -0.15) is 5.10 Å². The van der Waals surface area contributed by atoms with Gasteiger partial charge in [0.1, 0.15) is 11.5 Å². The van der Waals surface area contributed by atoms with Crippen molar-refractivity contribution in [1.82, 2.24) is 5.43 Å². The van der Waals surface area contributed by atoms with Crippen LogP contribution in [0.2, 0.25) is 5.02 Å². The minimum Gasteiger partial charge on any atom is -0.507 e. The number of hydrogen-bond acceptors (Lipinski definition) is 6. The normalized spacial score (nSPS) is 10.7. The Hall–Kier alpha value is -3.13. The first-order valence-electron chi connectivity index (χ1n) is 6.18. The van der Waals surface area contributed by atoms with E-state index in [1.165, 1.54) is 18.2 Å². The predicted molar refractivity (Wildman–Crippen MR) is 82.9 cm³/mol. The number of phenolic OH excluding ortho intramolecular Hbond substituents is 2. The molecule has 0 bridgehead atoms. The van der Waals surface area contributed by atoms with Crippen molar-refractivity contribution >= 4 is 29.4 Å². The zero-order valence-corrected chi connectivity index (χ0v) is 12.2. The monoisotopic (exact) mass is 335 g/mol. The van der Waals surface area contributed by atoms with Crippen LogP contribution in [0.15, 0.2) is 41.5 Å². The summed E-state index contributed by atoms with van der Waals surface area (Å²) in [4.78, 5) is 21.9. The van der Waals surface area contributed by atoms with E-state index in [-0.39, 0.29) is 33.3 Å². The van der Waals surface area contributed by atoms with Gasteiger partial charge in [-0.05, 0) is 24.3 Å². The number of hydrogen-bond donors (Lipinski definition) is 3. The molecule has 0 heterocycles. The molecule has 0 aliphatic rings. The third-order valence-electron chi connectivity index (χ3n) is 2.79. The highest BCUT2D eigenvalue weighted by atomic mass is 35.5. The summed E-state index contributed by atoms with van der Waals surface area (Å²) >= 11 is 5.73. The van der Waals surface area contributed by atoms with E-state index >= 15 is 0 Å². The number of aromatic hydroxyl groups is 2. The second-order valence-corrected chi connectivity index (χ2v) is 4.80. The molecule has 2 aromatic rings. The molecule has 1 amide bonds. The van der Waals surface area contributed by atoms with E-state index in [0.29, 0.717) is 0 Å². The zero-order chi connectivity index (χ0) is 17.0. The molecular formula is C14H10ClN3O5. The predicted octanol–water partition coefficient (Wildman–Crippen LogP) is 2.42. The van der Waals surface area contributed by atoms with Crippen LogP contribution in [-0.2, 0) is 0 Å². The first-order chi connectivity index (χ1) is 10.9. The molecule has 118 valence electrons. The molecule has 9 heteroatoms. The lowest BCUT2D eigenvalue weighted by Crippen LogP contribution is -2.17. The molecule has 8 nitrogen and oxygen atoms in total. The first kappa shape index (κ1) is 16.2. The van der Waals surface area contributed by atoms with Crippen LogP contribution >= 0.6 is 11.6 Å². The summed E-state index contributed by atoms with van der Waals surface area (Å²) in [7, 11) is 0. The Morgan fingerprint density at radius 2 is 1.91 bits per heavy atom. The van der Waals surface area contributed by atoms with Crippen LogP contribution in [-0.4, -0.2) is 27.3 Å². The van der Waals surface area contributed by atoms with Crippen molar-refractivity contribution in [3.8, 4) is 11.5 Å². The van der Waals surface area contributed by atoms with Crippen molar-refractivity contribution in [2.75, 3.05) is 0 Å². The van der Waals surface area contributed by atoms with Gasteiger partial charge >= 0.3 is 0 Å². The summed E-state index contributed by atoms with van der Waals surface area (Å²) < 4.78 is 0. The van der Waals surface area contributed by atoms with Gasteiger partial charge in [0.15, 0.2) is 0 Å². The summed E-state index contributed by atoms with van der Waals surface area (Å²) in [6.07, 6.45) is 1.04. The number of nitrogens with zero attached hydrogens (tertiary/aromatic N) is 2. The highest BCUT2D eigenvalue weighted by Gasteiger charge is 2.12. The number of hydrazone groups is 1. The quantitative estimate of drug-likeness (QED) is 0.449. The standard InChI is InChI=1S/C14H10ClN3O5/c15-9-1-3-13(20)11(6-9)14(21)17-16-7-8-5-10(18(22)23)2-4-12(8)19/h1-7,19-20H,(H,17,21). The maximum Gasteiger partial charge on any atom is 0.275 e. The SMILES string of the molecule is O=C(NN=Cc1cc([N+](=O)[O-])ccc1O)c1cc(Cl)ccc1O. The molecule has 0 atom stereocenters. The molecule has 0 saturated heterocycles. The van der Waals surface area contributed by atoms with Gasteiger partial charge < -0.3 is 10.2 Å². The maximum absolute atomic E-state index is 11.9. The van der Waals surface area contributed by atoms with E-state index in [2.05, 4.69) is 10.5 Å². The Balaban J connectivity index is 2.15. The number of rotatable bonds is 4. The summed E-state index contributed by atoms with van der Waals surface area (Å²) in [6, 6.07) is 7.30. The Morgan fingerprint density at radius 1 is 1.22 bits per heavy atom. The average Bonchev–Trinajstić information content (AvgIpc) is 2.51. The summed E-state index contributed by atoms with van der Waals surface area (Å²) in [5.41, 5.74) is 1.85. The van der Waals surface area contributed by atoms with Gasteiger partial charge in [0, 0.05) is 22.7 Å². The van der Waals surface area contributed by atoms with Gasteiger partial charge in [0.2, 0.25) is 0 Å². The van der Waals surface area contributed by atoms with Crippen LogP contribution in [0, 0.1) is 10.1 Å². The highest BCUT2D eigenvalue weighted by molar-refractivity contribution is 6.31. The molecule has 0 fully saturated rings. The number of nitro benzene ring substituents is 1. The van der Waals surface area contributed by atoms with E-state index < -0.39 is 10.8 Å². The lowest BCUT2D eigenvalue weighted by Gasteiger charge is -2.03. The second-order valence-electron chi connectivity index (χ2n) is 4.36. The first-order valence-corrected chi connectivity index (χ1v) is 6.55. The number of carbonyl (C=O) groups excluding carboxylic acids is 1. The van der Waals surface area contributed by atoms with Crippen molar-refractivity contribution < 1.29 is 19.9 Å². The second kappa shape index (κ2) is 6.75. The van der Waals surface area contributed by atoms with Gasteiger partial charge in [0.05, 0.1) is 16.7 Å². The lowest BCUT2D eigenvalue weighted by atomic mass is 10.2. The van der Waals surface area contributed by atoms with Gasteiger partial charge in [-0.1, -0.05) is 11.6 Å². The largest absolute Gasteiger partial charge is 0.507 e. The van der Waals surface area contributed by atoms with E-state index in [1.807, 2.05) is 0 Å². The molecular weight excluding hydrogens is 326 g/mol. The molecule has 0 aromatic heterocycles. The topological polar surface area (TPSA) is 125 Å². The zero-order valence-electron chi connectivity index (χ0n) is 11.4. The minimum atomic E-state index is -0.730. The molecule has 2 rings (SSSR count). The van der Waals surface area contributed by atoms with Crippen molar-refractivity contribution in [3.05, 3.63) is 62.7 Å². The average molecular weight is 336 g/mol. The number of halogens is 1. The molecule has 0 saturated carbocycles. The molecule has 0 unspecified atom stereocenters. The van der Waals surface area contributed by atoms with Crippen LogP contribution in [0.4, 0.5) is 5.69 Å². The van der Waals surface area contributed by atoms with Crippen molar-refractivity contribution in [2.45, 2.75) is 0 Å². The van der Waals surface area contributed by atoms with Crippen molar-refractivity contribution in [1.29, 1.82) is 0 Å². The summed E-state index contributed by atoms with van der Waals surface area (Å²) in [6.45, 7) is 0. The Bertz CT molecular complexity index is 807. The van der Waals surface area contributed by atoms with Crippen molar-refractivity contribution in [3.63, 3.8) is 0 Å². The van der Waals surface area contributed by atoms with E-state index in [1.54, 1.807) is 0 Å². The third-order valence-corrected chi connectivity index (χ3v) is 3.03. The smallest absolute Gasteiger partial charge is 0.275 e. The number of non-ortho nitro benzene ring substituents is 1. The Labute approximate surface area is 134 Å². The number of carbonyl (C=O) groups is 1. The highest BCUT2D eigenvalue weighted by Crippen LogP contribution is 2.22. The molecule has 0 aliphatic carbocycles. The number of nitro groups is 1. The molecule has 0 radical (unpaired) electrons. The lowest BCUT2D eigenvalue weighted by molar-refractivity contribution is -0.384. The van der Waals surface area contributed by atoms with E-state index in [0.717, 1.165) is 24.4 Å². The van der Waals surface area contributed by atoms with E-state index in [4.69, 9.17) is 11.6 Å². The Morgan fingerprint density at radius 3 is 2.61 bits per heavy atom. The number of phenols is 2. The number of amides is 1. The van der Waals surface area contributed by atoms with Gasteiger partial charge in [-0.15, -0.1) is 0 Å². The molecule has 0 aliphatic heterocycles. The molecule has 2 aromatic carbocycles. The van der Waals surface area contributed by atoms with Crippen LogP contribution in [0.3, 0.4) is 0 Å². The molecule has 23 heavy (non-hydrogen) atoms. The van der Waals surface area contributed by atoms with Crippen LogP contribution < -0.4 is 5.43 Å². The fraction of sp³-hybridized carbons (Fsp3) is 0. The van der Waals surface area contributed by atoms with Crippen LogP contribution in [0.5, 0.6) is 11.5 Å².